The lowest BCUT2D eigenvalue weighted by atomic mass is 9.95. The Labute approximate surface area is 212 Å². The maximum Gasteiger partial charge on any atom is 0.213 e. The van der Waals surface area contributed by atoms with E-state index in [1.165, 1.54) is 12.3 Å². The molecular weight excluding hydrogens is 465 g/mol. The lowest BCUT2D eigenvalue weighted by Gasteiger charge is -2.14. The van der Waals surface area contributed by atoms with Gasteiger partial charge in [0, 0.05) is 46.6 Å². The van der Waals surface area contributed by atoms with E-state index < -0.39 is 5.95 Å². The quantitative estimate of drug-likeness (QED) is 0.266. The summed E-state index contributed by atoms with van der Waals surface area (Å²) in [5.41, 5.74) is 11.2. The van der Waals surface area contributed by atoms with Crippen LogP contribution in [-0.4, -0.2) is 20.2 Å². The predicted molar refractivity (Wildman–Crippen MR) is 142 cm³/mol. The van der Waals surface area contributed by atoms with E-state index in [1.54, 1.807) is 24.5 Å². The van der Waals surface area contributed by atoms with Crippen LogP contribution in [-0.2, 0) is 0 Å². The molecule has 0 amide bonds. The molecule has 6 rings (SSSR count). The van der Waals surface area contributed by atoms with Gasteiger partial charge in [-0.25, -0.2) is 4.98 Å². The molecule has 3 aromatic carbocycles. The van der Waals surface area contributed by atoms with Gasteiger partial charge in [0.05, 0.1) is 0 Å². The highest BCUT2D eigenvalue weighted by Gasteiger charge is 2.15. The molecular formula is C30H20FN5O. The second-order valence-electron chi connectivity index (χ2n) is 8.39. The van der Waals surface area contributed by atoms with Crippen molar-refractivity contribution in [3.8, 4) is 45.0 Å². The Morgan fingerprint density at radius 2 is 1.54 bits per heavy atom. The molecule has 37 heavy (non-hydrogen) atoms. The Morgan fingerprint density at radius 1 is 0.703 bits per heavy atom. The predicted octanol–water partition coefficient (Wildman–Crippen LogP) is 6.93. The van der Waals surface area contributed by atoms with E-state index in [1.807, 2.05) is 72.8 Å². The van der Waals surface area contributed by atoms with Crippen LogP contribution in [0.3, 0.4) is 0 Å². The van der Waals surface area contributed by atoms with Crippen molar-refractivity contribution in [2.45, 2.75) is 0 Å². The van der Waals surface area contributed by atoms with Crippen LogP contribution in [0.15, 0.2) is 110 Å². The Morgan fingerprint density at radius 3 is 2.35 bits per heavy atom. The Balaban J connectivity index is 1.39. The number of fused-ring (bicyclic) bond motifs is 1. The molecule has 6 nitrogen and oxygen atoms in total. The van der Waals surface area contributed by atoms with Gasteiger partial charge in [-0.1, -0.05) is 60.7 Å². The zero-order valence-electron chi connectivity index (χ0n) is 19.5. The number of ether oxygens (including phenoxy) is 1. The van der Waals surface area contributed by atoms with Crippen LogP contribution in [0.2, 0.25) is 0 Å². The molecule has 0 aliphatic carbocycles. The first-order valence-corrected chi connectivity index (χ1v) is 11.6. The molecule has 0 saturated carbocycles. The van der Waals surface area contributed by atoms with Crippen molar-refractivity contribution in [1.82, 2.24) is 20.2 Å². The van der Waals surface area contributed by atoms with Crippen molar-refractivity contribution >= 4 is 16.6 Å². The highest BCUT2D eigenvalue weighted by atomic mass is 19.1. The number of nitrogens with two attached hydrogens (primary N) is 1. The number of nitrogen functional groups attached to an aromatic ring is 1. The molecule has 3 aromatic heterocycles. The fourth-order valence-corrected chi connectivity index (χ4v) is 4.35. The molecule has 3 heterocycles. The van der Waals surface area contributed by atoms with Gasteiger partial charge in [-0.05, 0) is 41.0 Å². The van der Waals surface area contributed by atoms with Gasteiger partial charge in [-0.15, -0.1) is 10.2 Å². The topological polar surface area (TPSA) is 86.8 Å². The SMILES string of the molecule is Nc1nnc(-c2ccccc2)c2c(-c3ccc(Oc4ccncc4-c4ccnc(F)c4)cc3)cccc12. The number of hydrogen-bond donors (Lipinski definition) is 1. The summed E-state index contributed by atoms with van der Waals surface area (Å²) in [5.74, 6) is 1.02. The van der Waals surface area contributed by atoms with Crippen LogP contribution < -0.4 is 10.5 Å². The Kier molecular flexibility index (Phi) is 5.71. The summed E-state index contributed by atoms with van der Waals surface area (Å²) in [6.07, 6.45) is 4.70. The van der Waals surface area contributed by atoms with Crippen LogP contribution in [0.1, 0.15) is 0 Å². The molecule has 0 unspecified atom stereocenters. The molecule has 0 bridgehead atoms. The highest BCUT2D eigenvalue weighted by Crippen LogP contribution is 2.38. The van der Waals surface area contributed by atoms with Crippen LogP contribution in [0.25, 0.3) is 44.3 Å². The van der Waals surface area contributed by atoms with Crippen LogP contribution >= 0.6 is 0 Å². The summed E-state index contributed by atoms with van der Waals surface area (Å²) in [6.45, 7) is 0. The van der Waals surface area contributed by atoms with Gasteiger partial charge in [0.2, 0.25) is 5.95 Å². The summed E-state index contributed by atoms with van der Waals surface area (Å²) >= 11 is 0. The zero-order chi connectivity index (χ0) is 25.2. The van der Waals surface area contributed by atoms with Crippen molar-refractivity contribution in [2.24, 2.45) is 0 Å². The maximum absolute atomic E-state index is 13.7. The average Bonchev–Trinajstić information content (AvgIpc) is 2.94. The summed E-state index contributed by atoms with van der Waals surface area (Å²) < 4.78 is 19.9. The lowest BCUT2D eigenvalue weighted by molar-refractivity contribution is 0.484. The van der Waals surface area contributed by atoms with E-state index in [0.717, 1.165) is 33.2 Å². The minimum absolute atomic E-state index is 0.384. The largest absolute Gasteiger partial charge is 0.457 e. The molecule has 178 valence electrons. The minimum Gasteiger partial charge on any atom is -0.457 e. The van der Waals surface area contributed by atoms with Crippen molar-refractivity contribution in [2.75, 3.05) is 5.73 Å². The summed E-state index contributed by atoms with van der Waals surface area (Å²) in [7, 11) is 0. The fourth-order valence-electron chi connectivity index (χ4n) is 4.35. The number of anilines is 1. The second-order valence-corrected chi connectivity index (χ2v) is 8.39. The molecule has 0 aliphatic rings. The number of hydrogen-bond acceptors (Lipinski definition) is 6. The zero-order valence-corrected chi connectivity index (χ0v) is 19.5. The molecule has 0 saturated heterocycles. The van der Waals surface area contributed by atoms with Gasteiger partial charge >= 0.3 is 0 Å². The highest BCUT2D eigenvalue weighted by molar-refractivity contribution is 6.08. The van der Waals surface area contributed by atoms with Crippen molar-refractivity contribution < 1.29 is 9.13 Å². The van der Waals surface area contributed by atoms with E-state index in [0.29, 0.717) is 28.4 Å². The van der Waals surface area contributed by atoms with Crippen molar-refractivity contribution in [3.05, 3.63) is 116 Å². The average molecular weight is 486 g/mol. The van der Waals surface area contributed by atoms with E-state index in [2.05, 4.69) is 20.2 Å². The third-order valence-corrected chi connectivity index (χ3v) is 6.09. The normalized spacial score (nSPS) is 10.9. The fraction of sp³-hybridized carbons (Fsp3) is 0. The number of nitrogens with zero attached hydrogens (tertiary/aromatic N) is 4. The molecule has 2 N–H and O–H groups in total. The smallest absolute Gasteiger partial charge is 0.213 e. The van der Waals surface area contributed by atoms with E-state index in [-0.39, 0.29) is 0 Å². The molecule has 6 aromatic rings. The lowest BCUT2D eigenvalue weighted by Crippen LogP contribution is -1.99. The first kappa shape index (κ1) is 22.3. The van der Waals surface area contributed by atoms with Crippen LogP contribution in [0, 0.1) is 5.95 Å². The van der Waals surface area contributed by atoms with Gasteiger partial charge in [0.25, 0.3) is 0 Å². The number of pyridine rings is 2. The monoisotopic (exact) mass is 485 g/mol. The van der Waals surface area contributed by atoms with Crippen LogP contribution in [0.5, 0.6) is 11.5 Å². The molecule has 7 heteroatoms. The number of aromatic nitrogens is 4. The van der Waals surface area contributed by atoms with Gasteiger partial charge in [0.1, 0.15) is 17.2 Å². The summed E-state index contributed by atoms with van der Waals surface area (Å²) in [5, 5.41) is 10.4. The molecule has 0 aliphatic heterocycles. The molecule has 0 fully saturated rings. The van der Waals surface area contributed by atoms with E-state index in [4.69, 9.17) is 10.5 Å². The molecule has 0 radical (unpaired) electrons. The number of benzene rings is 3. The maximum atomic E-state index is 13.7. The van der Waals surface area contributed by atoms with Gasteiger partial charge in [0.15, 0.2) is 5.82 Å². The van der Waals surface area contributed by atoms with Crippen molar-refractivity contribution in [3.63, 3.8) is 0 Å². The minimum atomic E-state index is -0.563. The number of halogens is 1. The Bertz CT molecular complexity index is 1720. The summed E-state index contributed by atoms with van der Waals surface area (Å²) in [4.78, 5) is 7.80. The molecule has 0 spiro atoms. The van der Waals surface area contributed by atoms with Crippen LogP contribution in [0.4, 0.5) is 10.2 Å². The summed E-state index contributed by atoms with van der Waals surface area (Å²) in [6, 6.07) is 28.5. The molecule has 0 atom stereocenters. The van der Waals surface area contributed by atoms with E-state index in [9.17, 15) is 4.39 Å². The third-order valence-electron chi connectivity index (χ3n) is 6.09. The third kappa shape index (κ3) is 4.34. The van der Waals surface area contributed by atoms with Crippen molar-refractivity contribution in [1.29, 1.82) is 0 Å². The standard InChI is InChI=1S/C30H20FN5O/c31-27-17-21(13-16-34-27)25-18-33-15-14-26(25)37-22-11-9-19(10-12-22)23-7-4-8-24-28(23)29(35-36-30(24)32)20-5-2-1-3-6-20/h1-18H,(H2,32,36). The first-order chi connectivity index (χ1) is 18.2. The first-order valence-electron chi connectivity index (χ1n) is 11.6. The Hall–Kier alpha value is -5.17. The van der Waals surface area contributed by atoms with Gasteiger partial charge in [-0.2, -0.15) is 4.39 Å². The van der Waals surface area contributed by atoms with Gasteiger partial charge in [-0.3, -0.25) is 4.98 Å². The number of rotatable bonds is 5. The second kappa shape index (κ2) is 9.47. The van der Waals surface area contributed by atoms with E-state index >= 15 is 0 Å². The van der Waals surface area contributed by atoms with Gasteiger partial charge < -0.3 is 10.5 Å².